The van der Waals surface area contributed by atoms with Crippen molar-refractivity contribution in [3.63, 3.8) is 0 Å². The minimum atomic E-state index is 0.351. The Morgan fingerprint density at radius 2 is 2.25 bits per heavy atom. The quantitative estimate of drug-likeness (QED) is 0.680. The maximum atomic E-state index is 5.62. The van der Waals surface area contributed by atoms with Crippen molar-refractivity contribution in [2.45, 2.75) is 25.7 Å². The van der Waals surface area contributed by atoms with Gasteiger partial charge in [-0.15, -0.1) is 0 Å². The zero-order valence-corrected chi connectivity index (χ0v) is 15.0. The van der Waals surface area contributed by atoms with Crippen molar-refractivity contribution < 1.29 is 9.47 Å². The summed E-state index contributed by atoms with van der Waals surface area (Å²) in [5.74, 6) is 2.30. The third-order valence-electron chi connectivity index (χ3n) is 5.37. The van der Waals surface area contributed by atoms with E-state index in [1.807, 2.05) is 19.2 Å². The second-order valence-electron chi connectivity index (χ2n) is 7.05. The molecule has 5 heteroatoms. The Bertz CT molecular complexity index is 582. The van der Waals surface area contributed by atoms with Crippen molar-refractivity contribution in [1.29, 1.82) is 0 Å². The molecule has 1 aromatic rings. The number of hydrogen-bond donors (Lipinski definition) is 1. The van der Waals surface area contributed by atoms with E-state index in [1.165, 1.54) is 18.4 Å². The fourth-order valence-corrected chi connectivity index (χ4v) is 3.85. The molecule has 0 saturated carbocycles. The molecule has 2 atom stereocenters. The normalized spacial score (nSPS) is 25.3. The summed E-state index contributed by atoms with van der Waals surface area (Å²) in [6, 6.07) is 8.22. The van der Waals surface area contributed by atoms with Gasteiger partial charge < -0.3 is 19.7 Å². The van der Waals surface area contributed by atoms with Gasteiger partial charge in [-0.05, 0) is 24.5 Å². The van der Waals surface area contributed by atoms with Crippen LogP contribution in [0.5, 0.6) is 5.75 Å². The molecule has 0 bridgehead atoms. The van der Waals surface area contributed by atoms with E-state index in [0.717, 1.165) is 44.6 Å². The van der Waals surface area contributed by atoms with Crippen molar-refractivity contribution in [3.05, 3.63) is 29.8 Å². The summed E-state index contributed by atoms with van der Waals surface area (Å²) in [7, 11) is 3.59. The van der Waals surface area contributed by atoms with Gasteiger partial charge in [0.15, 0.2) is 5.96 Å². The molecule has 1 aromatic carbocycles. The molecule has 24 heavy (non-hydrogen) atoms. The van der Waals surface area contributed by atoms with E-state index in [4.69, 9.17) is 9.47 Å². The van der Waals surface area contributed by atoms with E-state index in [0.29, 0.717) is 11.3 Å². The van der Waals surface area contributed by atoms with Crippen LogP contribution in [0.1, 0.15) is 31.2 Å². The van der Waals surface area contributed by atoms with Crippen LogP contribution >= 0.6 is 0 Å². The number of nitrogens with one attached hydrogen (secondary N) is 1. The molecule has 5 nitrogen and oxygen atoms in total. The predicted molar refractivity (Wildman–Crippen MR) is 96.8 cm³/mol. The Balaban J connectivity index is 1.58. The topological polar surface area (TPSA) is 46.1 Å². The van der Waals surface area contributed by atoms with Crippen molar-refractivity contribution in [2.24, 2.45) is 10.4 Å². The maximum absolute atomic E-state index is 5.62. The second kappa shape index (κ2) is 7.43. The van der Waals surface area contributed by atoms with Crippen molar-refractivity contribution >= 4 is 5.96 Å². The molecule has 2 saturated heterocycles. The molecule has 0 radical (unpaired) electrons. The van der Waals surface area contributed by atoms with Crippen LogP contribution < -0.4 is 10.1 Å². The number of guanidine groups is 1. The summed E-state index contributed by atoms with van der Waals surface area (Å²) < 4.78 is 11.1. The zero-order valence-electron chi connectivity index (χ0n) is 15.0. The largest absolute Gasteiger partial charge is 0.496 e. The number of hydrogen-bond acceptors (Lipinski definition) is 3. The highest BCUT2D eigenvalue weighted by molar-refractivity contribution is 5.80. The van der Waals surface area contributed by atoms with Gasteiger partial charge in [-0.2, -0.15) is 0 Å². The van der Waals surface area contributed by atoms with E-state index in [2.05, 4.69) is 34.3 Å². The highest BCUT2D eigenvalue weighted by Gasteiger charge is 2.42. The summed E-state index contributed by atoms with van der Waals surface area (Å²) in [5.41, 5.74) is 1.58. The molecule has 132 valence electrons. The van der Waals surface area contributed by atoms with Gasteiger partial charge in [-0.25, -0.2) is 0 Å². The van der Waals surface area contributed by atoms with Gasteiger partial charge in [0.25, 0.3) is 0 Å². The first-order valence-corrected chi connectivity index (χ1v) is 8.84. The molecule has 0 amide bonds. The Labute approximate surface area is 145 Å². The standard InChI is InChI=1S/C19H29N3O2/c1-15(16-6-4-5-7-17(16)23-3)12-21-18(20-2)22-10-8-19(13-22)9-11-24-14-19/h4-7,15H,8-14H2,1-3H3,(H,20,21). The van der Waals surface area contributed by atoms with Gasteiger partial charge >= 0.3 is 0 Å². The molecule has 1 N–H and O–H groups in total. The number of aliphatic imine (C=N–C) groups is 1. The van der Waals surface area contributed by atoms with Crippen LogP contribution in [0.4, 0.5) is 0 Å². The van der Waals surface area contributed by atoms with Gasteiger partial charge in [-0.3, -0.25) is 4.99 Å². The third-order valence-corrected chi connectivity index (χ3v) is 5.37. The van der Waals surface area contributed by atoms with Crippen LogP contribution in [0.15, 0.2) is 29.3 Å². The maximum Gasteiger partial charge on any atom is 0.193 e. The fraction of sp³-hybridized carbons (Fsp3) is 0.632. The highest BCUT2D eigenvalue weighted by atomic mass is 16.5. The summed E-state index contributed by atoms with van der Waals surface area (Å²) in [5, 5.41) is 3.55. The highest BCUT2D eigenvalue weighted by Crippen LogP contribution is 2.38. The summed E-state index contributed by atoms with van der Waals surface area (Å²) in [6.07, 6.45) is 2.38. The SMILES string of the molecule is CN=C(NCC(C)c1ccccc1OC)N1CCC2(CCOC2)C1. The number of methoxy groups -OCH3 is 1. The monoisotopic (exact) mass is 331 g/mol. The van der Waals surface area contributed by atoms with Crippen LogP contribution in [0.25, 0.3) is 0 Å². The number of likely N-dealkylation sites (tertiary alicyclic amines) is 1. The first-order valence-electron chi connectivity index (χ1n) is 8.84. The van der Waals surface area contributed by atoms with Gasteiger partial charge in [-0.1, -0.05) is 25.1 Å². The van der Waals surface area contributed by atoms with Gasteiger partial charge in [0.1, 0.15) is 5.75 Å². The number of nitrogens with zero attached hydrogens (tertiary/aromatic N) is 2. The molecule has 2 aliphatic heterocycles. The average molecular weight is 331 g/mol. The first-order chi connectivity index (χ1) is 11.7. The number of ether oxygens (including phenoxy) is 2. The van der Waals surface area contributed by atoms with Crippen LogP contribution in [-0.2, 0) is 4.74 Å². The molecule has 1 spiro atoms. The van der Waals surface area contributed by atoms with E-state index in [1.54, 1.807) is 7.11 Å². The van der Waals surface area contributed by atoms with E-state index < -0.39 is 0 Å². The average Bonchev–Trinajstić information content (AvgIpc) is 3.25. The molecule has 3 rings (SSSR count). The van der Waals surface area contributed by atoms with Crippen molar-refractivity contribution in [2.75, 3.05) is 47.0 Å². The van der Waals surface area contributed by atoms with Gasteiger partial charge in [0.2, 0.25) is 0 Å². The second-order valence-corrected chi connectivity index (χ2v) is 7.05. The fourth-order valence-electron chi connectivity index (χ4n) is 3.85. The lowest BCUT2D eigenvalue weighted by Gasteiger charge is -2.26. The lowest BCUT2D eigenvalue weighted by atomic mass is 9.87. The minimum absolute atomic E-state index is 0.351. The number of para-hydroxylation sites is 1. The van der Waals surface area contributed by atoms with E-state index >= 15 is 0 Å². The van der Waals surface area contributed by atoms with Crippen LogP contribution in [0.3, 0.4) is 0 Å². The molecule has 2 unspecified atom stereocenters. The molecule has 0 aliphatic carbocycles. The third kappa shape index (κ3) is 3.51. The Morgan fingerprint density at radius 1 is 1.42 bits per heavy atom. The number of benzene rings is 1. The summed E-state index contributed by atoms with van der Waals surface area (Å²) in [6.45, 7) is 6.98. The van der Waals surface area contributed by atoms with Crippen molar-refractivity contribution in [1.82, 2.24) is 10.2 Å². The lowest BCUT2D eigenvalue weighted by molar-refractivity contribution is 0.156. The summed E-state index contributed by atoms with van der Waals surface area (Å²) >= 11 is 0. The zero-order chi connectivity index (χ0) is 17.0. The van der Waals surface area contributed by atoms with Gasteiger partial charge in [0.05, 0.1) is 13.7 Å². The van der Waals surface area contributed by atoms with E-state index in [9.17, 15) is 0 Å². The van der Waals surface area contributed by atoms with Crippen molar-refractivity contribution in [3.8, 4) is 5.75 Å². The van der Waals surface area contributed by atoms with Crippen LogP contribution in [-0.4, -0.2) is 57.9 Å². The first kappa shape index (κ1) is 17.1. The molecular formula is C19H29N3O2. The lowest BCUT2D eigenvalue weighted by Crippen LogP contribution is -2.42. The molecule has 2 fully saturated rings. The van der Waals surface area contributed by atoms with Gasteiger partial charge in [0, 0.05) is 44.6 Å². The molecular weight excluding hydrogens is 302 g/mol. The molecule has 2 heterocycles. The predicted octanol–water partition coefficient (Wildman–Crippen LogP) is 2.49. The smallest absolute Gasteiger partial charge is 0.193 e. The Kier molecular flexibility index (Phi) is 5.29. The van der Waals surface area contributed by atoms with E-state index in [-0.39, 0.29) is 0 Å². The Morgan fingerprint density at radius 3 is 2.96 bits per heavy atom. The minimum Gasteiger partial charge on any atom is -0.496 e. The molecule has 2 aliphatic rings. The summed E-state index contributed by atoms with van der Waals surface area (Å²) in [4.78, 5) is 6.87. The Hall–Kier alpha value is -1.75. The number of rotatable bonds is 4. The van der Waals surface area contributed by atoms with Crippen LogP contribution in [0, 0.1) is 5.41 Å². The molecule has 0 aromatic heterocycles. The van der Waals surface area contributed by atoms with Crippen LogP contribution in [0.2, 0.25) is 0 Å².